The second-order valence-corrected chi connectivity index (χ2v) is 29.4. The number of benzene rings is 7. The number of primary sulfonamides is 5. The average Bonchev–Trinajstić information content (AvgIpc) is 0.852. The van der Waals surface area contributed by atoms with Crippen molar-refractivity contribution in [2.75, 3.05) is 35.0 Å². The number of sulfone groups is 1. The Morgan fingerprint density at radius 3 is 1.12 bits per heavy atom. The number of non-ortho nitro benzene ring substituents is 3. The van der Waals surface area contributed by atoms with Crippen LogP contribution in [0.25, 0.3) is 0 Å². The molecule has 0 heterocycles. The van der Waals surface area contributed by atoms with Crippen molar-refractivity contribution in [1.82, 2.24) is 0 Å². The first-order valence-electron chi connectivity index (χ1n) is 23.7. The number of aryl methyl sites for hydroxylation is 1. The summed E-state index contributed by atoms with van der Waals surface area (Å²) < 4.78 is 159. The van der Waals surface area contributed by atoms with Gasteiger partial charge in [0.05, 0.1) is 54.6 Å². The second-order valence-electron chi connectivity index (χ2n) is 17.8. The van der Waals surface area contributed by atoms with Crippen LogP contribution < -0.4 is 53.9 Å². The van der Waals surface area contributed by atoms with Crippen LogP contribution in [0.1, 0.15) is 22.3 Å². The van der Waals surface area contributed by atoms with E-state index in [1.807, 2.05) is 60.7 Å². The fourth-order valence-electron chi connectivity index (χ4n) is 6.23. The van der Waals surface area contributed by atoms with Gasteiger partial charge < -0.3 is 43.1 Å². The zero-order chi connectivity index (χ0) is 69.6. The minimum atomic E-state index is -4.06. The average molecular weight is 1660 g/mol. The molecule has 0 saturated heterocycles. The van der Waals surface area contributed by atoms with E-state index >= 15 is 0 Å². The molecular formula is C50H66ClN13O21Pd2S7-2. The van der Waals surface area contributed by atoms with Crippen LogP contribution >= 0.6 is 11.6 Å². The van der Waals surface area contributed by atoms with Crippen molar-refractivity contribution in [2.45, 2.75) is 50.2 Å². The molecule has 7 aromatic carbocycles. The first-order chi connectivity index (χ1) is 41.0. The number of nitrogens with two attached hydrogens (primary N) is 9. The first kappa shape index (κ1) is 93.3. The Labute approximate surface area is 576 Å². The smallest absolute Gasteiger partial charge is 0.270 e. The monoisotopic (exact) mass is 1660 g/mol. The number of sulfonamides is 5. The number of nitrogen functional groups attached to an aromatic ring is 3. The van der Waals surface area contributed by atoms with Crippen molar-refractivity contribution in [1.29, 1.82) is 0 Å². The molecule has 0 saturated carbocycles. The number of hydrogen-bond donors (Lipinski definition) is 11. The Bertz CT molecular complexity index is 4440. The summed E-state index contributed by atoms with van der Waals surface area (Å²) in [5, 5.41) is 58.7. The maximum Gasteiger partial charge on any atom is 0.270 e. The zero-order valence-electron chi connectivity index (χ0n) is 49.6. The van der Waals surface area contributed by atoms with Gasteiger partial charge in [-0.15, -0.1) is 0 Å². The van der Waals surface area contributed by atoms with Gasteiger partial charge in [0.25, 0.3) is 27.2 Å². The number of nitrogens with zero attached hydrogens (tertiary/aromatic N) is 3. The van der Waals surface area contributed by atoms with Crippen LogP contribution in [0, 0.1) is 52.1 Å². The molecule has 0 aromatic heterocycles. The number of nitro groups is 3. The van der Waals surface area contributed by atoms with E-state index in [0.29, 0.717) is 24.9 Å². The molecule has 34 nitrogen and oxygen atoms in total. The van der Waals surface area contributed by atoms with Crippen LogP contribution in [0.4, 0.5) is 39.8 Å². The largest absolute Gasteiger partial charge is 0.398 e. The van der Waals surface area contributed by atoms with E-state index in [1.165, 1.54) is 48.0 Å². The Hall–Kier alpha value is -7.08. The van der Waals surface area contributed by atoms with Crippen LogP contribution in [0.5, 0.6) is 0 Å². The Balaban J connectivity index is -0.000000513. The number of hydrogen-bond acceptors (Lipinski definition) is 25. The Morgan fingerprint density at radius 1 is 0.447 bits per heavy atom. The topological polar surface area (TPSA) is 635 Å². The standard InChI is InChI=1S/C13H13N3O4S.C8H12N2O4S2.C7H10N2O2S.C7H9N.C6H5ClN2O4S.C6H7N3O4S.CH4O3S.2CH3.2Pd/c14-21(19,20)13-8-11(16(17)18)6-7-12(13)15-9-10-4-2-1-3-5-10;1-15(11,12)5-6-2-3-7(9)8(4-6)16(10,13)14;1-5-2-3-6(8)7(4-5)12(9,10)11;8-6-7-4-2-1-3-5-7;2*7-5-2-1-4(9(10)11)3-6(5)14(8,12)13;1-5(2,3)4;;;;/h1-8,15H,9H2,(H2,14,19,20);2-4H,5,9H2,1H3,(H2,10,13,14);2-4H,8H2,1H3,(H2,9,10,11);1-5H,6,8H2;1-3H,(H2,8,12,13);1-3H,7H2,(H2,8,12,13);1H3,(H,2,3,4);2*1H3;;/q;;;;;;;2*-1;;. The Kier molecular flexibility index (Phi) is 40.1. The SMILES string of the molecule is CS(=O)(=O)Cc1ccc(N)c(S(N)(=O)=O)c1.CS(=O)(=O)O.Cc1ccc(N)c(S(N)(=O)=O)c1.NCc1ccccc1.NS(=O)(=O)c1cc([N+](=O)[O-])ccc1Cl.NS(=O)(=O)c1cc([N+](=O)[O-])ccc1NCc1ccccc1.Nc1ccc([N+](=O)[O-])cc1S(N)(=O)=O.[CH3-].[CH3-].[Pd].[Pd]. The summed E-state index contributed by atoms with van der Waals surface area (Å²) in [5.74, 6) is -0.254. The van der Waals surface area contributed by atoms with Crippen LogP contribution in [0.15, 0.2) is 176 Å². The predicted molar refractivity (Wildman–Crippen MR) is 349 cm³/mol. The summed E-state index contributed by atoms with van der Waals surface area (Å²) in [6, 6.07) is 37.5. The molecule has 94 heavy (non-hydrogen) atoms. The minimum absolute atomic E-state index is 0. The van der Waals surface area contributed by atoms with Gasteiger partial charge in [-0.25, -0.2) is 76.2 Å². The van der Waals surface area contributed by atoms with E-state index in [-0.39, 0.29) is 121 Å². The van der Waals surface area contributed by atoms with Crippen molar-refractivity contribution < 1.29 is 119 Å². The number of halogens is 1. The fourth-order valence-corrected chi connectivity index (χ4v) is 10.9. The van der Waals surface area contributed by atoms with E-state index in [9.17, 15) is 89.3 Å². The van der Waals surface area contributed by atoms with Crippen molar-refractivity contribution >= 4 is 121 Å². The van der Waals surface area contributed by atoms with Crippen LogP contribution in [0.2, 0.25) is 5.02 Å². The summed E-state index contributed by atoms with van der Waals surface area (Å²) in [6.45, 7) is 2.79. The van der Waals surface area contributed by atoms with Gasteiger partial charge >= 0.3 is 0 Å². The molecule has 0 aliphatic rings. The molecular weight excluding hydrogens is 1590 g/mol. The number of rotatable bonds is 14. The molecule has 0 aliphatic heterocycles. The minimum Gasteiger partial charge on any atom is -0.398 e. The molecule has 0 amide bonds. The molecule has 20 N–H and O–H groups in total. The second kappa shape index (κ2) is 40.4. The van der Waals surface area contributed by atoms with E-state index in [0.717, 1.165) is 59.8 Å². The molecule has 0 radical (unpaired) electrons. The third kappa shape index (κ3) is 36.6. The van der Waals surface area contributed by atoms with Gasteiger partial charge in [-0.1, -0.05) is 84.4 Å². The fraction of sp³-hybridized carbons (Fsp3) is 0.120. The van der Waals surface area contributed by atoms with Gasteiger partial charge in [0.15, 0.2) is 9.84 Å². The van der Waals surface area contributed by atoms with Gasteiger partial charge in [-0.2, -0.15) is 8.42 Å². The molecule has 0 bridgehead atoms. The van der Waals surface area contributed by atoms with Crippen molar-refractivity contribution in [3.63, 3.8) is 0 Å². The van der Waals surface area contributed by atoms with E-state index in [1.54, 1.807) is 13.0 Å². The molecule has 0 spiro atoms. The number of nitrogens with one attached hydrogen (secondary N) is 1. The third-order valence-corrected chi connectivity index (χ3v) is 16.2. The molecule has 528 valence electrons. The summed E-state index contributed by atoms with van der Waals surface area (Å²) in [5.41, 5.74) is 24.0. The first-order valence-corrected chi connectivity index (χ1v) is 35.7. The molecule has 0 atom stereocenters. The molecule has 0 fully saturated rings. The molecule has 7 rings (SSSR count). The van der Waals surface area contributed by atoms with Crippen LogP contribution in [0.3, 0.4) is 0 Å². The maximum atomic E-state index is 11.6. The van der Waals surface area contributed by atoms with Gasteiger partial charge in [0, 0.05) is 96.6 Å². The van der Waals surface area contributed by atoms with Crippen molar-refractivity contribution in [3.8, 4) is 0 Å². The quantitative estimate of drug-likeness (QED) is 0.0184. The van der Waals surface area contributed by atoms with Gasteiger partial charge in [0.2, 0.25) is 50.1 Å². The molecule has 44 heteroatoms. The normalized spacial score (nSPS) is 10.8. The summed E-state index contributed by atoms with van der Waals surface area (Å²) >= 11 is 5.50. The van der Waals surface area contributed by atoms with E-state index in [4.69, 9.17) is 64.8 Å². The number of nitro benzene ring substituents is 3. The van der Waals surface area contributed by atoms with E-state index in [2.05, 4.69) is 5.32 Å². The molecule has 0 aliphatic carbocycles. The van der Waals surface area contributed by atoms with Gasteiger partial charge in [0.1, 0.15) is 24.5 Å². The molecule has 7 aromatic rings. The summed E-state index contributed by atoms with van der Waals surface area (Å²) in [4.78, 5) is 27.8. The maximum absolute atomic E-state index is 11.6. The van der Waals surface area contributed by atoms with Crippen LogP contribution in [-0.2, 0) is 130 Å². The van der Waals surface area contributed by atoms with Crippen LogP contribution in [-0.4, -0.2) is 90.8 Å². The predicted octanol–water partition coefficient (Wildman–Crippen LogP) is 3.80. The Morgan fingerprint density at radius 2 is 0.766 bits per heavy atom. The van der Waals surface area contributed by atoms with Gasteiger partial charge in [-0.3, -0.25) is 34.9 Å². The van der Waals surface area contributed by atoms with E-state index < -0.39 is 94.6 Å². The summed E-state index contributed by atoms with van der Waals surface area (Å²) in [7, 11) is -26.6. The third-order valence-electron chi connectivity index (χ3n) is 10.1. The van der Waals surface area contributed by atoms with Crippen molar-refractivity contribution in [3.05, 3.63) is 224 Å². The number of anilines is 4. The zero-order valence-corrected chi connectivity index (χ0v) is 59.2. The summed E-state index contributed by atoms with van der Waals surface area (Å²) in [6.07, 6.45) is 1.77. The van der Waals surface area contributed by atoms with Gasteiger partial charge in [-0.05, 0) is 71.6 Å². The molecule has 0 unspecified atom stereocenters. The van der Waals surface area contributed by atoms with Crippen molar-refractivity contribution in [2.24, 2.45) is 31.4 Å².